The maximum atomic E-state index is 6.06. The lowest BCUT2D eigenvalue weighted by molar-refractivity contribution is 0.129. The first-order valence-electron chi connectivity index (χ1n) is 9.21. The Morgan fingerprint density at radius 2 is 1.89 bits per heavy atom. The van der Waals surface area contributed by atoms with E-state index in [0.717, 1.165) is 23.0 Å². The Hall–Kier alpha value is -2.47. The van der Waals surface area contributed by atoms with Crippen LogP contribution in [-0.2, 0) is 6.54 Å². The summed E-state index contributed by atoms with van der Waals surface area (Å²) in [6.45, 7) is 7.45. The zero-order chi connectivity index (χ0) is 19.9. The van der Waals surface area contributed by atoms with Gasteiger partial charge in [-0.15, -0.1) is 0 Å². The van der Waals surface area contributed by atoms with Gasteiger partial charge in [-0.2, -0.15) is 0 Å². The zero-order valence-electron chi connectivity index (χ0n) is 17.2. The normalized spacial score (nSPS) is 13.5. The third-order valence-electron chi connectivity index (χ3n) is 4.02. The van der Waals surface area contributed by atoms with E-state index >= 15 is 0 Å². The Morgan fingerprint density at radius 3 is 2.48 bits per heavy atom. The van der Waals surface area contributed by atoms with Crippen molar-refractivity contribution in [3.05, 3.63) is 54.0 Å². The van der Waals surface area contributed by atoms with E-state index in [9.17, 15) is 0 Å². The molecule has 2 rings (SSSR count). The van der Waals surface area contributed by atoms with E-state index in [0.29, 0.717) is 13.1 Å². The van der Waals surface area contributed by atoms with Crippen LogP contribution in [0.2, 0.25) is 0 Å². The highest BCUT2D eigenvalue weighted by molar-refractivity contribution is 5.79. The van der Waals surface area contributed by atoms with E-state index in [-0.39, 0.29) is 11.6 Å². The lowest BCUT2D eigenvalue weighted by atomic mass is 10.1. The molecule has 0 aliphatic carbocycles. The van der Waals surface area contributed by atoms with E-state index in [1.54, 1.807) is 13.3 Å². The van der Waals surface area contributed by atoms with Crippen LogP contribution in [-0.4, -0.2) is 44.1 Å². The van der Waals surface area contributed by atoms with Crippen LogP contribution in [0.15, 0.2) is 52.1 Å². The SMILES string of the molecule is CN=C(NCc1ccccc1OC(C)(C)C)NCC(c1ccco1)N(C)C. The Bertz CT molecular complexity index is 718. The molecule has 2 aromatic rings. The lowest BCUT2D eigenvalue weighted by Crippen LogP contribution is -2.41. The van der Waals surface area contributed by atoms with Crippen molar-refractivity contribution in [3.8, 4) is 5.75 Å². The molecule has 1 heterocycles. The monoisotopic (exact) mass is 372 g/mol. The van der Waals surface area contributed by atoms with Crippen molar-refractivity contribution >= 4 is 5.96 Å². The van der Waals surface area contributed by atoms with Crippen LogP contribution in [0.1, 0.15) is 38.1 Å². The number of aliphatic imine (C=N–C) groups is 1. The summed E-state index contributed by atoms with van der Waals surface area (Å²) in [5, 5.41) is 6.73. The quantitative estimate of drug-likeness (QED) is 0.576. The van der Waals surface area contributed by atoms with Gasteiger partial charge in [0.2, 0.25) is 0 Å². The predicted octanol–water partition coefficient (Wildman–Crippen LogP) is 3.42. The molecule has 1 aromatic heterocycles. The Kier molecular flexibility index (Phi) is 7.30. The molecule has 2 N–H and O–H groups in total. The van der Waals surface area contributed by atoms with Gasteiger partial charge in [0.05, 0.1) is 12.3 Å². The van der Waals surface area contributed by atoms with Gasteiger partial charge in [0.15, 0.2) is 5.96 Å². The summed E-state index contributed by atoms with van der Waals surface area (Å²) in [5.74, 6) is 2.54. The minimum absolute atomic E-state index is 0.120. The van der Waals surface area contributed by atoms with E-state index < -0.39 is 0 Å². The molecular formula is C21H32N4O2. The third-order valence-corrected chi connectivity index (χ3v) is 4.02. The molecule has 0 saturated carbocycles. The van der Waals surface area contributed by atoms with Gasteiger partial charge in [-0.1, -0.05) is 18.2 Å². The number of likely N-dealkylation sites (N-methyl/N-ethyl adjacent to an activating group) is 1. The van der Waals surface area contributed by atoms with Crippen LogP contribution in [0.3, 0.4) is 0 Å². The number of guanidine groups is 1. The summed E-state index contributed by atoms with van der Waals surface area (Å²) in [5.41, 5.74) is 0.850. The van der Waals surface area contributed by atoms with Crippen molar-refractivity contribution in [2.24, 2.45) is 4.99 Å². The highest BCUT2D eigenvalue weighted by Crippen LogP contribution is 2.23. The number of hydrogen-bond acceptors (Lipinski definition) is 4. The van der Waals surface area contributed by atoms with Gasteiger partial charge >= 0.3 is 0 Å². The molecule has 6 heteroatoms. The fraction of sp³-hybridized carbons (Fsp3) is 0.476. The molecule has 0 radical (unpaired) electrons. The smallest absolute Gasteiger partial charge is 0.191 e. The first-order chi connectivity index (χ1) is 12.8. The molecule has 1 atom stereocenters. The van der Waals surface area contributed by atoms with Gasteiger partial charge in [0.25, 0.3) is 0 Å². The number of benzene rings is 1. The average Bonchev–Trinajstić information content (AvgIpc) is 3.11. The predicted molar refractivity (Wildman–Crippen MR) is 110 cm³/mol. The van der Waals surface area contributed by atoms with Crippen molar-refractivity contribution in [3.63, 3.8) is 0 Å². The fourth-order valence-electron chi connectivity index (χ4n) is 2.69. The van der Waals surface area contributed by atoms with Crippen molar-refractivity contribution < 1.29 is 9.15 Å². The molecule has 1 unspecified atom stereocenters. The summed E-state index contributed by atoms with van der Waals surface area (Å²) in [4.78, 5) is 6.44. The van der Waals surface area contributed by atoms with Gasteiger partial charge < -0.3 is 19.8 Å². The minimum atomic E-state index is -0.238. The number of furan rings is 1. The first kappa shape index (κ1) is 20.8. The van der Waals surface area contributed by atoms with E-state index in [1.165, 1.54) is 0 Å². The standard InChI is InChI=1S/C21H32N4O2/c1-21(2,3)27-18-11-8-7-10-16(18)14-23-20(22-4)24-15-17(25(5)6)19-12-9-13-26-19/h7-13,17H,14-15H2,1-6H3,(H2,22,23,24). The van der Waals surface area contributed by atoms with Crippen LogP contribution in [0.25, 0.3) is 0 Å². The molecule has 0 saturated heterocycles. The lowest BCUT2D eigenvalue weighted by Gasteiger charge is -2.25. The molecule has 0 fully saturated rings. The van der Waals surface area contributed by atoms with Crippen LogP contribution < -0.4 is 15.4 Å². The van der Waals surface area contributed by atoms with Crippen molar-refractivity contribution in [2.75, 3.05) is 27.7 Å². The number of nitrogens with zero attached hydrogens (tertiary/aromatic N) is 2. The maximum Gasteiger partial charge on any atom is 0.191 e. The van der Waals surface area contributed by atoms with Gasteiger partial charge in [0.1, 0.15) is 17.1 Å². The third kappa shape index (κ3) is 6.64. The van der Waals surface area contributed by atoms with Crippen LogP contribution >= 0.6 is 0 Å². The van der Waals surface area contributed by atoms with Gasteiger partial charge in [0, 0.05) is 25.7 Å². The molecule has 0 aliphatic rings. The van der Waals surface area contributed by atoms with Crippen molar-refractivity contribution in [2.45, 2.75) is 39.0 Å². The summed E-state index contributed by atoms with van der Waals surface area (Å²) in [6, 6.07) is 12.1. The second-order valence-electron chi connectivity index (χ2n) is 7.62. The molecule has 0 aliphatic heterocycles. The Labute approximate surface area is 162 Å². The van der Waals surface area contributed by atoms with Crippen molar-refractivity contribution in [1.82, 2.24) is 15.5 Å². The molecule has 0 amide bonds. The molecule has 1 aromatic carbocycles. The summed E-state index contributed by atoms with van der Waals surface area (Å²) in [7, 11) is 5.83. The number of ether oxygens (including phenoxy) is 1. The second kappa shape index (κ2) is 9.46. The van der Waals surface area contributed by atoms with Crippen LogP contribution in [0, 0.1) is 0 Å². The van der Waals surface area contributed by atoms with E-state index in [4.69, 9.17) is 9.15 Å². The number of nitrogens with one attached hydrogen (secondary N) is 2. The molecule has 0 bridgehead atoms. The van der Waals surface area contributed by atoms with Crippen LogP contribution in [0.5, 0.6) is 5.75 Å². The highest BCUT2D eigenvalue weighted by atomic mass is 16.5. The van der Waals surface area contributed by atoms with Gasteiger partial charge in [-0.3, -0.25) is 9.89 Å². The topological polar surface area (TPSA) is 62.0 Å². The molecule has 27 heavy (non-hydrogen) atoms. The molecule has 0 spiro atoms. The Morgan fingerprint density at radius 1 is 1.15 bits per heavy atom. The van der Waals surface area contributed by atoms with E-state index in [1.807, 2.05) is 65.2 Å². The fourth-order valence-corrected chi connectivity index (χ4v) is 2.69. The van der Waals surface area contributed by atoms with Gasteiger partial charge in [-0.05, 0) is 53.1 Å². The summed E-state index contributed by atoms with van der Waals surface area (Å²) >= 11 is 0. The number of rotatable bonds is 7. The second-order valence-corrected chi connectivity index (χ2v) is 7.62. The van der Waals surface area contributed by atoms with E-state index in [2.05, 4.69) is 26.6 Å². The summed E-state index contributed by atoms with van der Waals surface area (Å²) in [6.07, 6.45) is 1.70. The molecule has 6 nitrogen and oxygen atoms in total. The van der Waals surface area contributed by atoms with Gasteiger partial charge in [-0.25, -0.2) is 0 Å². The first-order valence-corrected chi connectivity index (χ1v) is 9.21. The number of hydrogen-bond donors (Lipinski definition) is 2. The van der Waals surface area contributed by atoms with Crippen LogP contribution in [0.4, 0.5) is 0 Å². The van der Waals surface area contributed by atoms with Crippen molar-refractivity contribution in [1.29, 1.82) is 0 Å². The largest absolute Gasteiger partial charge is 0.488 e. The molecule has 148 valence electrons. The maximum absolute atomic E-state index is 6.06. The Balaban J connectivity index is 1.96. The zero-order valence-corrected chi connectivity index (χ0v) is 17.2. The number of para-hydroxylation sites is 1. The highest BCUT2D eigenvalue weighted by Gasteiger charge is 2.18. The minimum Gasteiger partial charge on any atom is -0.488 e. The average molecular weight is 373 g/mol. The molecular weight excluding hydrogens is 340 g/mol. The summed E-state index contributed by atoms with van der Waals surface area (Å²) < 4.78 is 11.6.